The summed E-state index contributed by atoms with van der Waals surface area (Å²) in [6, 6.07) is 5.46. The van der Waals surface area contributed by atoms with Crippen molar-refractivity contribution in [1.82, 2.24) is 19.6 Å². The Morgan fingerprint density at radius 3 is 2.96 bits per heavy atom. The number of thioether (sulfide) groups is 1. The zero-order valence-electron chi connectivity index (χ0n) is 13.4. The number of hydrogen-bond acceptors (Lipinski definition) is 4. The fourth-order valence-corrected chi connectivity index (χ4v) is 4.30. The van der Waals surface area contributed by atoms with Crippen LogP contribution in [0.5, 0.6) is 0 Å². The van der Waals surface area contributed by atoms with Gasteiger partial charge in [-0.3, -0.25) is 9.59 Å². The van der Waals surface area contributed by atoms with Crippen LogP contribution in [0.2, 0.25) is 0 Å². The van der Waals surface area contributed by atoms with Crippen molar-refractivity contribution in [2.24, 2.45) is 5.92 Å². The average Bonchev–Trinajstić information content (AvgIpc) is 3.17. The lowest BCUT2D eigenvalue weighted by Crippen LogP contribution is -2.49. The third kappa shape index (κ3) is 2.88. The zero-order valence-corrected chi connectivity index (χ0v) is 14.2. The molecule has 1 N–H and O–H groups in total. The standard InChI is InChI=1S/C17H20N4O2S/c22-16(14-10-24-11-21(14)17(23)12-4-3-5-12)18-8-13-9-20-7-2-1-6-15(20)19-13/h1-2,6-7,9,12,14H,3-5,8,10-11H2,(H,18,22). The van der Waals surface area contributed by atoms with E-state index in [1.807, 2.05) is 35.0 Å². The molecule has 2 fully saturated rings. The van der Waals surface area contributed by atoms with Crippen molar-refractivity contribution < 1.29 is 9.59 Å². The summed E-state index contributed by atoms with van der Waals surface area (Å²) in [5, 5.41) is 2.94. The molecule has 4 rings (SSSR count). The van der Waals surface area contributed by atoms with Gasteiger partial charge in [-0.25, -0.2) is 4.98 Å². The van der Waals surface area contributed by atoms with Crippen LogP contribution in [-0.2, 0) is 16.1 Å². The lowest BCUT2D eigenvalue weighted by atomic mass is 9.84. The molecule has 0 aromatic carbocycles. The summed E-state index contributed by atoms with van der Waals surface area (Å²) < 4.78 is 1.93. The van der Waals surface area contributed by atoms with E-state index in [1.54, 1.807) is 16.7 Å². The second-order valence-corrected chi connectivity index (χ2v) is 7.37. The highest BCUT2D eigenvalue weighted by Crippen LogP contribution is 2.32. The highest BCUT2D eigenvalue weighted by Gasteiger charge is 2.39. The molecule has 2 aromatic heterocycles. The number of rotatable bonds is 4. The number of fused-ring (bicyclic) bond motifs is 1. The Labute approximate surface area is 144 Å². The molecule has 1 saturated heterocycles. The average molecular weight is 344 g/mol. The van der Waals surface area contributed by atoms with Crippen LogP contribution in [0.25, 0.3) is 5.65 Å². The smallest absolute Gasteiger partial charge is 0.244 e. The third-order valence-corrected chi connectivity index (χ3v) is 5.79. The van der Waals surface area contributed by atoms with Crippen LogP contribution in [0, 0.1) is 5.92 Å². The Hall–Kier alpha value is -2.02. The molecule has 3 heterocycles. The van der Waals surface area contributed by atoms with Gasteiger partial charge >= 0.3 is 0 Å². The maximum Gasteiger partial charge on any atom is 0.244 e. The summed E-state index contributed by atoms with van der Waals surface area (Å²) in [7, 11) is 0. The van der Waals surface area contributed by atoms with Crippen LogP contribution in [0.1, 0.15) is 25.0 Å². The Morgan fingerprint density at radius 1 is 1.33 bits per heavy atom. The second kappa shape index (κ2) is 6.47. The van der Waals surface area contributed by atoms with Crippen molar-refractivity contribution in [3.05, 3.63) is 36.3 Å². The molecular weight excluding hydrogens is 324 g/mol. The quantitative estimate of drug-likeness (QED) is 0.916. The van der Waals surface area contributed by atoms with E-state index >= 15 is 0 Å². The first-order valence-electron chi connectivity index (χ1n) is 8.31. The summed E-state index contributed by atoms with van der Waals surface area (Å²) >= 11 is 1.65. The number of nitrogens with zero attached hydrogens (tertiary/aromatic N) is 3. The number of nitrogens with one attached hydrogen (secondary N) is 1. The largest absolute Gasteiger partial charge is 0.349 e. The maximum atomic E-state index is 12.5. The molecule has 0 spiro atoms. The number of pyridine rings is 1. The van der Waals surface area contributed by atoms with Gasteiger partial charge in [-0.1, -0.05) is 12.5 Å². The molecule has 24 heavy (non-hydrogen) atoms. The zero-order chi connectivity index (χ0) is 16.5. The Kier molecular flexibility index (Phi) is 4.18. The molecule has 2 aromatic rings. The normalized spacial score (nSPS) is 21.0. The molecule has 1 aliphatic carbocycles. The predicted octanol–water partition coefficient (Wildman–Crippen LogP) is 1.65. The van der Waals surface area contributed by atoms with Crippen molar-refractivity contribution >= 4 is 29.2 Å². The van der Waals surface area contributed by atoms with Gasteiger partial charge in [0.1, 0.15) is 11.7 Å². The number of imidazole rings is 1. The van der Waals surface area contributed by atoms with Crippen LogP contribution < -0.4 is 5.32 Å². The predicted molar refractivity (Wildman–Crippen MR) is 92.3 cm³/mol. The van der Waals surface area contributed by atoms with Crippen molar-refractivity contribution in [2.45, 2.75) is 31.8 Å². The van der Waals surface area contributed by atoms with Gasteiger partial charge in [-0.2, -0.15) is 0 Å². The number of hydrogen-bond donors (Lipinski definition) is 1. The number of amides is 2. The van der Waals surface area contributed by atoms with Gasteiger partial charge in [0.2, 0.25) is 11.8 Å². The van der Waals surface area contributed by atoms with E-state index in [0.29, 0.717) is 18.2 Å². The molecular formula is C17H20N4O2S. The monoisotopic (exact) mass is 344 g/mol. The molecule has 0 bridgehead atoms. The van der Waals surface area contributed by atoms with E-state index in [9.17, 15) is 9.59 Å². The van der Waals surface area contributed by atoms with E-state index in [4.69, 9.17) is 0 Å². The number of carbonyl (C=O) groups excluding carboxylic acids is 2. The molecule has 1 saturated carbocycles. The van der Waals surface area contributed by atoms with E-state index in [0.717, 1.165) is 30.6 Å². The van der Waals surface area contributed by atoms with Gasteiger partial charge in [0.05, 0.1) is 18.1 Å². The lowest BCUT2D eigenvalue weighted by molar-refractivity contribution is -0.143. The fraction of sp³-hybridized carbons (Fsp3) is 0.471. The van der Waals surface area contributed by atoms with E-state index in [1.165, 1.54) is 0 Å². The molecule has 1 unspecified atom stereocenters. The molecule has 126 valence electrons. The minimum atomic E-state index is -0.347. The third-order valence-electron chi connectivity index (χ3n) is 4.78. The molecule has 0 radical (unpaired) electrons. The van der Waals surface area contributed by atoms with Crippen molar-refractivity contribution in [1.29, 1.82) is 0 Å². The molecule has 2 amide bonds. The summed E-state index contributed by atoms with van der Waals surface area (Å²) in [5.74, 6) is 1.51. The number of carbonyl (C=O) groups is 2. The molecule has 2 aliphatic rings. The SMILES string of the molecule is O=C(NCc1cn2ccccc2n1)C1CSCN1C(=O)C1CCC1. The Balaban J connectivity index is 1.38. The first-order chi connectivity index (χ1) is 11.7. The summed E-state index contributed by atoms with van der Waals surface area (Å²) in [6.07, 6.45) is 6.91. The van der Waals surface area contributed by atoms with Crippen LogP contribution in [0.4, 0.5) is 0 Å². The minimum absolute atomic E-state index is 0.0790. The van der Waals surface area contributed by atoms with Crippen molar-refractivity contribution in [3.8, 4) is 0 Å². The van der Waals surface area contributed by atoms with Gasteiger partial charge in [-0.15, -0.1) is 11.8 Å². The van der Waals surface area contributed by atoms with Crippen LogP contribution in [0.3, 0.4) is 0 Å². The highest BCUT2D eigenvalue weighted by molar-refractivity contribution is 7.99. The van der Waals surface area contributed by atoms with Gasteiger partial charge in [0, 0.05) is 24.1 Å². The maximum absolute atomic E-state index is 12.5. The summed E-state index contributed by atoms with van der Waals surface area (Å²) in [4.78, 5) is 31.2. The first kappa shape index (κ1) is 15.5. The minimum Gasteiger partial charge on any atom is -0.349 e. The molecule has 1 aliphatic heterocycles. The summed E-state index contributed by atoms with van der Waals surface area (Å²) in [6.45, 7) is 0.382. The fourth-order valence-electron chi connectivity index (χ4n) is 3.13. The number of aromatic nitrogens is 2. The van der Waals surface area contributed by atoms with Crippen LogP contribution >= 0.6 is 11.8 Å². The summed E-state index contributed by atoms with van der Waals surface area (Å²) in [5.41, 5.74) is 1.68. The Bertz CT molecular complexity index is 738. The molecule has 6 nitrogen and oxygen atoms in total. The van der Waals surface area contributed by atoms with E-state index in [2.05, 4.69) is 10.3 Å². The first-order valence-corrected chi connectivity index (χ1v) is 9.46. The van der Waals surface area contributed by atoms with Crippen molar-refractivity contribution in [2.75, 3.05) is 11.6 Å². The van der Waals surface area contributed by atoms with Crippen molar-refractivity contribution in [3.63, 3.8) is 0 Å². The lowest BCUT2D eigenvalue weighted by Gasteiger charge is -2.31. The van der Waals surface area contributed by atoms with Gasteiger partial charge in [0.15, 0.2) is 0 Å². The van der Waals surface area contributed by atoms with E-state index in [-0.39, 0.29) is 23.8 Å². The second-order valence-electron chi connectivity index (χ2n) is 6.37. The van der Waals surface area contributed by atoms with Crippen LogP contribution in [-0.4, -0.2) is 43.8 Å². The van der Waals surface area contributed by atoms with Gasteiger partial charge in [-0.05, 0) is 25.0 Å². The highest BCUT2D eigenvalue weighted by atomic mass is 32.2. The topological polar surface area (TPSA) is 66.7 Å². The van der Waals surface area contributed by atoms with Gasteiger partial charge in [0.25, 0.3) is 0 Å². The molecule has 1 atom stereocenters. The van der Waals surface area contributed by atoms with E-state index < -0.39 is 0 Å². The van der Waals surface area contributed by atoms with Gasteiger partial charge < -0.3 is 14.6 Å². The van der Waals surface area contributed by atoms with Crippen LogP contribution in [0.15, 0.2) is 30.6 Å². The Morgan fingerprint density at radius 2 is 2.21 bits per heavy atom. The molecule has 7 heteroatoms.